The van der Waals surface area contributed by atoms with Crippen molar-refractivity contribution in [2.45, 2.75) is 25.7 Å². The van der Waals surface area contributed by atoms with E-state index in [2.05, 4.69) is 15.1 Å². The number of hydrogen-bond acceptors (Lipinski definition) is 7. The summed E-state index contributed by atoms with van der Waals surface area (Å²) in [6.07, 6.45) is 12.1. The maximum atomic E-state index is 5.80. The van der Waals surface area contributed by atoms with Gasteiger partial charge in [-0.05, 0) is 49.6 Å². The number of methoxy groups -OCH3 is 1. The lowest BCUT2D eigenvalue weighted by molar-refractivity contribution is -0.263. The molecule has 0 fully saturated rings. The lowest BCUT2D eigenvalue weighted by Gasteiger charge is -2.06. The first kappa shape index (κ1) is 22.2. The van der Waals surface area contributed by atoms with E-state index in [9.17, 15) is 0 Å². The Morgan fingerprint density at radius 1 is 0.929 bits per heavy atom. The summed E-state index contributed by atoms with van der Waals surface area (Å²) in [5.74, 6) is 0.883. The molecule has 28 heavy (non-hydrogen) atoms. The summed E-state index contributed by atoms with van der Waals surface area (Å²) in [7, 11) is 3.22. The summed E-state index contributed by atoms with van der Waals surface area (Å²) in [5, 5.41) is 10.2. The lowest BCUT2D eigenvalue weighted by Crippen LogP contribution is -1.97. The van der Waals surface area contributed by atoms with E-state index in [1.807, 2.05) is 48.6 Å². The third-order valence-electron chi connectivity index (χ3n) is 3.82. The molecule has 0 radical (unpaired) electrons. The van der Waals surface area contributed by atoms with E-state index in [0.29, 0.717) is 6.61 Å². The standard InChI is InChI=1S/C21H28N2O4S/c1-24-15-7-3-4-8-16-26-19-13-11-18(12-14-19)21-23-22-20(28-21)10-6-5-9-17-27-25-2/h5-6,9-14H,3-4,7-8,15-17H2,1-2H3/b9-5+,10-6+. The molecule has 152 valence electrons. The van der Waals surface area contributed by atoms with Crippen molar-refractivity contribution >= 4 is 17.4 Å². The second-order valence-electron chi connectivity index (χ2n) is 5.96. The number of nitrogens with zero attached hydrogens (tertiary/aromatic N) is 2. The number of rotatable bonds is 14. The average molecular weight is 405 g/mol. The van der Waals surface area contributed by atoms with Gasteiger partial charge in [-0.2, -0.15) is 0 Å². The first-order valence-electron chi connectivity index (χ1n) is 9.38. The van der Waals surface area contributed by atoms with Crippen LogP contribution in [0, 0.1) is 0 Å². The number of hydrogen-bond donors (Lipinski definition) is 0. The number of ether oxygens (including phenoxy) is 2. The molecular formula is C21H28N2O4S. The Kier molecular flexibility index (Phi) is 11.1. The van der Waals surface area contributed by atoms with Crippen LogP contribution in [-0.2, 0) is 14.5 Å². The quantitative estimate of drug-likeness (QED) is 0.192. The highest BCUT2D eigenvalue weighted by Gasteiger charge is 2.05. The maximum absolute atomic E-state index is 5.80. The van der Waals surface area contributed by atoms with Gasteiger partial charge in [-0.3, -0.25) is 0 Å². The zero-order valence-corrected chi connectivity index (χ0v) is 17.3. The molecular weight excluding hydrogens is 376 g/mol. The highest BCUT2D eigenvalue weighted by atomic mass is 32.1. The van der Waals surface area contributed by atoms with Gasteiger partial charge < -0.3 is 9.47 Å². The first-order valence-corrected chi connectivity index (χ1v) is 10.2. The van der Waals surface area contributed by atoms with Crippen molar-refractivity contribution in [3.8, 4) is 16.3 Å². The summed E-state index contributed by atoms with van der Waals surface area (Å²) < 4.78 is 10.8. The second-order valence-corrected chi connectivity index (χ2v) is 6.97. The van der Waals surface area contributed by atoms with E-state index in [0.717, 1.165) is 53.8 Å². The van der Waals surface area contributed by atoms with Crippen molar-refractivity contribution in [2.24, 2.45) is 0 Å². The van der Waals surface area contributed by atoms with Crippen molar-refractivity contribution in [1.82, 2.24) is 10.2 Å². The van der Waals surface area contributed by atoms with Crippen LogP contribution in [-0.4, -0.2) is 44.2 Å². The molecule has 0 spiro atoms. The molecule has 0 saturated carbocycles. The van der Waals surface area contributed by atoms with Crippen LogP contribution in [0.15, 0.2) is 42.5 Å². The Labute approximate surface area is 170 Å². The molecule has 1 aromatic carbocycles. The number of unbranched alkanes of at least 4 members (excludes halogenated alkanes) is 3. The molecule has 1 aromatic heterocycles. The second kappa shape index (κ2) is 14.0. The van der Waals surface area contributed by atoms with Gasteiger partial charge in [-0.15, -0.1) is 10.2 Å². The van der Waals surface area contributed by atoms with Crippen molar-refractivity contribution in [3.05, 3.63) is 47.5 Å². The summed E-state index contributed by atoms with van der Waals surface area (Å²) in [6.45, 7) is 1.99. The zero-order valence-electron chi connectivity index (χ0n) is 16.5. The molecule has 6 nitrogen and oxygen atoms in total. The molecule has 0 aliphatic rings. The Hall–Kier alpha value is -2.06. The molecule has 2 rings (SSSR count). The lowest BCUT2D eigenvalue weighted by atomic mass is 10.2. The molecule has 0 aliphatic carbocycles. The number of allylic oxidation sites excluding steroid dienone is 2. The normalized spacial score (nSPS) is 11.6. The van der Waals surface area contributed by atoms with Gasteiger partial charge in [0.1, 0.15) is 22.4 Å². The molecule has 0 unspecified atom stereocenters. The van der Waals surface area contributed by atoms with Crippen LogP contribution in [0.2, 0.25) is 0 Å². The minimum Gasteiger partial charge on any atom is -0.494 e. The Morgan fingerprint density at radius 3 is 2.46 bits per heavy atom. The summed E-state index contributed by atoms with van der Waals surface area (Å²) >= 11 is 1.54. The molecule has 2 aromatic rings. The van der Waals surface area contributed by atoms with Crippen LogP contribution in [0.1, 0.15) is 30.7 Å². The minimum atomic E-state index is 0.407. The molecule has 0 atom stereocenters. The van der Waals surface area contributed by atoms with Gasteiger partial charge in [0.05, 0.1) is 13.7 Å². The molecule has 0 aliphatic heterocycles. The van der Waals surface area contributed by atoms with Gasteiger partial charge in [-0.1, -0.05) is 36.0 Å². The molecule has 1 heterocycles. The van der Waals surface area contributed by atoms with Crippen molar-refractivity contribution in [1.29, 1.82) is 0 Å². The van der Waals surface area contributed by atoms with E-state index in [1.165, 1.54) is 13.5 Å². The van der Waals surface area contributed by atoms with E-state index < -0.39 is 0 Å². The number of benzene rings is 1. The van der Waals surface area contributed by atoms with Gasteiger partial charge in [0.25, 0.3) is 0 Å². The summed E-state index contributed by atoms with van der Waals surface area (Å²) in [5.41, 5.74) is 1.04. The van der Waals surface area contributed by atoms with Crippen LogP contribution < -0.4 is 4.74 Å². The largest absolute Gasteiger partial charge is 0.494 e. The monoisotopic (exact) mass is 404 g/mol. The molecule has 7 heteroatoms. The molecule has 0 amide bonds. The van der Waals surface area contributed by atoms with Gasteiger partial charge in [0, 0.05) is 19.3 Å². The third kappa shape index (κ3) is 8.75. The minimum absolute atomic E-state index is 0.407. The van der Waals surface area contributed by atoms with Gasteiger partial charge in [0.15, 0.2) is 0 Å². The molecule has 0 bridgehead atoms. The summed E-state index contributed by atoms with van der Waals surface area (Å²) in [6, 6.07) is 8.00. The van der Waals surface area contributed by atoms with Crippen LogP contribution >= 0.6 is 11.3 Å². The van der Waals surface area contributed by atoms with Crippen molar-refractivity contribution < 1.29 is 19.2 Å². The fraction of sp³-hybridized carbons (Fsp3) is 0.429. The van der Waals surface area contributed by atoms with Crippen molar-refractivity contribution in [3.63, 3.8) is 0 Å². The van der Waals surface area contributed by atoms with Crippen LogP contribution in [0.3, 0.4) is 0 Å². The van der Waals surface area contributed by atoms with Crippen molar-refractivity contribution in [2.75, 3.05) is 34.0 Å². The van der Waals surface area contributed by atoms with Crippen LogP contribution in [0.5, 0.6) is 5.75 Å². The van der Waals surface area contributed by atoms with Gasteiger partial charge in [-0.25, -0.2) is 9.78 Å². The van der Waals surface area contributed by atoms with E-state index in [-0.39, 0.29) is 0 Å². The fourth-order valence-corrected chi connectivity index (χ4v) is 3.15. The topological polar surface area (TPSA) is 62.7 Å². The SMILES string of the molecule is COCCCCCCOc1ccc(-c2nnc(/C=C/C=C/COOC)s2)cc1. The highest BCUT2D eigenvalue weighted by molar-refractivity contribution is 7.15. The fourth-order valence-electron chi connectivity index (χ4n) is 2.38. The van der Waals surface area contributed by atoms with Crippen LogP contribution in [0.25, 0.3) is 16.6 Å². The van der Waals surface area contributed by atoms with E-state index in [1.54, 1.807) is 18.4 Å². The van der Waals surface area contributed by atoms with E-state index >= 15 is 0 Å². The molecule has 0 saturated heterocycles. The third-order valence-corrected chi connectivity index (χ3v) is 4.76. The predicted molar refractivity (Wildman–Crippen MR) is 112 cm³/mol. The average Bonchev–Trinajstić information content (AvgIpc) is 3.19. The van der Waals surface area contributed by atoms with Gasteiger partial charge in [0.2, 0.25) is 0 Å². The Morgan fingerprint density at radius 2 is 1.71 bits per heavy atom. The van der Waals surface area contributed by atoms with E-state index in [4.69, 9.17) is 14.4 Å². The Balaban J connectivity index is 1.75. The van der Waals surface area contributed by atoms with Crippen LogP contribution in [0.4, 0.5) is 0 Å². The van der Waals surface area contributed by atoms with Gasteiger partial charge >= 0.3 is 0 Å². The smallest absolute Gasteiger partial charge is 0.148 e. The number of aromatic nitrogens is 2. The summed E-state index contributed by atoms with van der Waals surface area (Å²) in [4.78, 5) is 9.25. The molecule has 0 N–H and O–H groups in total. The Bertz CT molecular complexity index is 713. The first-order chi connectivity index (χ1) is 13.8. The highest BCUT2D eigenvalue weighted by Crippen LogP contribution is 2.26. The maximum Gasteiger partial charge on any atom is 0.148 e. The predicted octanol–water partition coefficient (Wildman–Crippen LogP) is 4.94. The zero-order chi connectivity index (χ0) is 19.9.